The Hall–Kier alpha value is -0.650. The topological polar surface area (TPSA) is 58.8 Å². The van der Waals surface area contributed by atoms with Gasteiger partial charge in [-0.15, -0.1) is 0 Å². The Bertz CT molecular complexity index is 285. The standard InChI is InChI=1S/C15H31N3O2/c1-4-15(2,20-3)14(19)18-12-10-17(11-13-18)9-7-5-6-8-16/h4-13,16H2,1-3H3. The molecule has 0 aromatic carbocycles. The zero-order valence-electron chi connectivity index (χ0n) is 13.4. The van der Waals surface area contributed by atoms with Crippen LogP contribution in [0.5, 0.6) is 0 Å². The van der Waals surface area contributed by atoms with E-state index in [0.717, 1.165) is 45.7 Å². The number of carbonyl (C=O) groups excluding carboxylic acids is 1. The number of rotatable bonds is 8. The van der Waals surface area contributed by atoms with Gasteiger partial charge >= 0.3 is 0 Å². The van der Waals surface area contributed by atoms with Crippen LogP contribution in [0.4, 0.5) is 0 Å². The van der Waals surface area contributed by atoms with Crippen LogP contribution in [0.2, 0.25) is 0 Å². The molecule has 1 rings (SSSR count). The van der Waals surface area contributed by atoms with Crippen molar-refractivity contribution in [1.29, 1.82) is 0 Å². The minimum Gasteiger partial charge on any atom is -0.369 e. The van der Waals surface area contributed by atoms with Crippen LogP contribution in [-0.4, -0.2) is 67.7 Å². The van der Waals surface area contributed by atoms with Gasteiger partial charge in [-0.2, -0.15) is 0 Å². The highest BCUT2D eigenvalue weighted by Crippen LogP contribution is 2.19. The highest BCUT2D eigenvalue weighted by atomic mass is 16.5. The lowest BCUT2D eigenvalue weighted by molar-refractivity contribution is -0.155. The number of amides is 1. The van der Waals surface area contributed by atoms with E-state index in [1.54, 1.807) is 7.11 Å². The van der Waals surface area contributed by atoms with E-state index in [2.05, 4.69) is 4.90 Å². The molecule has 1 atom stereocenters. The van der Waals surface area contributed by atoms with Gasteiger partial charge in [0.1, 0.15) is 5.60 Å². The summed E-state index contributed by atoms with van der Waals surface area (Å²) in [6.07, 6.45) is 4.23. The first-order chi connectivity index (χ1) is 9.57. The van der Waals surface area contributed by atoms with Gasteiger partial charge in [0.15, 0.2) is 0 Å². The SMILES string of the molecule is CCC(C)(OC)C(=O)N1CCN(CCCCCN)CC1. The summed E-state index contributed by atoms with van der Waals surface area (Å²) in [5.74, 6) is 0.130. The lowest BCUT2D eigenvalue weighted by atomic mass is 10.0. The number of unbranched alkanes of at least 4 members (excludes halogenated alkanes) is 2. The Kier molecular flexibility index (Phi) is 7.48. The molecule has 0 saturated carbocycles. The van der Waals surface area contributed by atoms with Gasteiger partial charge in [0, 0.05) is 33.3 Å². The van der Waals surface area contributed by atoms with Crippen molar-refractivity contribution >= 4 is 5.91 Å². The maximum absolute atomic E-state index is 12.5. The molecule has 118 valence electrons. The second-order valence-electron chi connectivity index (χ2n) is 5.77. The van der Waals surface area contributed by atoms with E-state index in [1.165, 1.54) is 12.8 Å². The third-order valence-corrected chi connectivity index (χ3v) is 4.42. The number of nitrogens with zero attached hydrogens (tertiary/aromatic N) is 2. The molecule has 0 aromatic heterocycles. The summed E-state index contributed by atoms with van der Waals surface area (Å²) in [6, 6.07) is 0. The summed E-state index contributed by atoms with van der Waals surface area (Å²) in [5, 5.41) is 0. The van der Waals surface area contributed by atoms with Gasteiger partial charge in [0.05, 0.1) is 0 Å². The van der Waals surface area contributed by atoms with Crippen molar-refractivity contribution in [2.45, 2.75) is 45.1 Å². The fourth-order valence-electron chi connectivity index (χ4n) is 2.55. The van der Waals surface area contributed by atoms with E-state index in [-0.39, 0.29) is 5.91 Å². The van der Waals surface area contributed by atoms with Crippen molar-refractivity contribution < 1.29 is 9.53 Å². The quantitative estimate of drug-likeness (QED) is 0.678. The Morgan fingerprint density at radius 2 is 1.85 bits per heavy atom. The molecule has 5 nitrogen and oxygen atoms in total. The van der Waals surface area contributed by atoms with E-state index in [4.69, 9.17) is 10.5 Å². The summed E-state index contributed by atoms with van der Waals surface area (Å²) >= 11 is 0. The molecule has 1 saturated heterocycles. The van der Waals surface area contributed by atoms with Crippen molar-refractivity contribution in [2.24, 2.45) is 5.73 Å². The number of ether oxygens (including phenoxy) is 1. The van der Waals surface area contributed by atoms with E-state index < -0.39 is 5.60 Å². The lowest BCUT2D eigenvalue weighted by Gasteiger charge is -2.39. The molecule has 0 spiro atoms. The van der Waals surface area contributed by atoms with Crippen LogP contribution in [0.15, 0.2) is 0 Å². The minimum absolute atomic E-state index is 0.130. The van der Waals surface area contributed by atoms with E-state index in [0.29, 0.717) is 6.42 Å². The summed E-state index contributed by atoms with van der Waals surface area (Å²) in [5.41, 5.74) is 4.83. The first-order valence-electron chi connectivity index (χ1n) is 7.84. The molecule has 0 bridgehead atoms. The van der Waals surface area contributed by atoms with Gasteiger partial charge in [-0.25, -0.2) is 0 Å². The summed E-state index contributed by atoms with van der Waals surface area (Å²) in [7, 11) is 1.62. The average Bonchev–Trinajstić information content (AvgIpc) is 2.50. The van der Waals surface area contributed by atoms with Crippen molar-refractivity contribution in [3.63, 3.8) is 0 Å². The zero-order valence-corrected chi connectivity index (χ0v) is 13.4. The van der Waals surface area contributed by atoms with Gasteiger partial charge < -0.3 is 15.4 Å². The number of methoxy groups -OCH3 is 1. The largest absolute Gasteiger partial charge is 0.369 e. The van der Waals surface area contributed by atoms with Crippen LogP contribution in [-0.2, 0) is 9.53 Å². The normalized spacial score (nSPS) is 19.9. The molecule has 0 aliphatic carbocycles. The molecule has 1 unspecified atom stereocenters. The van der Waals surface area contributed by atoms with Crippen LogP contribution in [0.25, 0.3) is 0 Å². The molecular weight excluding hydrogens is 254 g/mol. The molecular formula is C15H31N3O2. The maximum Gasteiger partial charge on any atom is 0.254 e. The summed E-state index contributed by atoms with van der Waals surface area (Å²) in [4.78, 5) is 16.8. The van der Waals surface area contributed by atoms with Gasteiger partial charge in [0.25, 0.3) is 5.91 Å². The van der Waals surface area contributed by atoms with Crippen LogP contribution in [0, 0.1) is 0 Å². The number of nitrogens with two attached hydrogens (primary N) is 1. The fourth-order valence-corrected chi connectivity index (χ4v) is 2.55. The molecule has 1 amide bonds. The number of piperazine rings is 1. The molecule has 1 aliphatic rings. The highest BCUT2D eigenvalue weighted by Gasteiger charge is 2.36. The molecule has 5 heteroatoms. The van der Waals surface area contributed by atoms with Crippen LogP contribution in [0.1, 0.15) is 39.5 Å². The molecule has 20 heavy (non-hydrogen) atoms. The average molecular weight is 285 g/mol. The zero-order chi connectivity index (χ0) is 15.0. The number of hydrogen-bond donors (Lipinski definition) is 1. The third kappa shape index (κ3) is 4.72. The minimum atomic E-state index is -0.663. The van der Waals surface area contributed by atoms with Gasteiger partial charge in [-0.3, -0.25) is 9.69 Å². The first kappa shape index (κ1) is 17.4. The van der Waals surface area contributed by atoms with Crippen LogP contribution >= 0.6 is 0 Å². The van der Waals surface area contributed by atoms with E-state index in [1.807, 2.05) is 18.7 Å². The van der Waals surface area contributed by atoms with Crippen molar-refractivity contribution in [3.05, 3.63) is 0 Å². The summed E-state index contributed by atoms with van der Waals surface area (Å²) in [6.45, 7) is 9.36. The van der Waals surface area contributed by atoms with Crippen LogP contribution in [0.3, 0.4) is 0 Å². The van der Waals surface area contributed by atoms with Crippen LogP contribution < -0.4 is 5.73 Å². The summed E-state index contributed by atoms with van der Waals surface area (Å²) < 4.78 is 5.40. The monoisotopic (exact) mass is 285 g/mol. The predicted octanol–water partition coefficient (Wildman–Crippen LogP) is 1.07. The number of hydrogen-bond acceptors (Lipinski definition) is 4. The molecule has 0 radical (unpaired) electrons. The van der Waals surface area contributed by atoms with Gasteiger partial charge in [-0.1, -0.05) is 13.3 Å². The van der Waals surface area contributed by atoms with Crippen molar-refractivity contribution in [2.75, 3.05) is 46.4 Å². The smallest absolute Gasteiger partial charge is 0.254 e. The first-order valence-corrected chi connectivity index (χ1v) is 7.84. The van der Waals surface area contributed by atoms with Crippen molar-refractivity contribution in [3.8, 4) is 0 Å². The van der Waals surface area contributed by atoms with Crippen molar-refractivity contribution in [1.82, 2.24) is 9.80 Å². The Morgan fingerprint density at radius 1 is 1.20 bits per heavy atom. The Morgan fingerprint density at radius 3 is 2.35 bits per heavy atom. The second-order valence-corrected chi connectivity index (χ2v) is 5.77. The van der Waals surface area contributed by atoms with Gasteiger partial charge in [0.2, 0.25) is 0 Å². The lowest BCUT2D eigenvalue weighted by Crippen LogP contribution is -2.55. The molecule has 1 heterocycles. The second kappa shape index (κ2) is 8.60. The fraction of sp³-hybridized carbons (Fsp3) is 0.933. The molecule has 1 aliphatic heterocycles. The van der Waals surface area contributed by atoms with E-state index >= 15 is 0 Å². The highest BCUT2D eigenvalue weighted by molar-refractivity contribution is 5.84. The maximum atomic E-state index is 12.5. The predicted molar refractivity (Wildman–Crippen MR) is 81.6 cm³/mol. The Labute approximate surface area is 123 Å². The molecule has 1 fully saturated rings. The number of carbonyl (C=O) groups is 1. The molecule has 0 aromatic rings. The molecule has 2 N–H and O–H groups in total. The third-order valence-electron chi connectivity index (χ3n) is 4.42. The van der Waals surface area contributed by atoms with E-state index in [9.17, 15) is 4.79 Å². The Balaban J connectivity index is 2.33. The van der Waals surface area contributed by atoms with Gasteiger partial charge in [-0.05, 0) is 39.3 Å².